The van der Waals surface area contributed by atoms with Gasteiger partial charge in [0.1, 0.15) is 15.1 Å². The summed E-state index contributed by atoms with van der Waals surface area (Å²) in [7, 11) is 0. The average Bonchev–Trinajstić information content (AvgIpc) is 3.25. The van der Waals surface area contributed by atoms with Gasteiger partial charge in [-0.1, -0.05) is 0 Å². The monoisotopic (exact) mass is 335 g/mol. The number of hydrogen-bond acceptors (Lipinski definition) is 4. The van der Waals surface area contributed by atoms with E-state index < -0.39 is 17.1 Å². The smallest absolute Gasteiger partial charge is 0.201 e. The fourth-order valence-corrected chi connectivity index (χ4v) is 4.05. The normalized spacial score (nSPS) is 14.7. The van der Waals surface area contributed by atoms with E-state index in [1.165, 1.54) is 6.92 Å². The van der Waals surface area contributed by atoms with Crippen molar-refractivity contribution >= 4 is 38.2 Å². The summed E-state index contributed by atoms with van der Waals surface area (Å²) in [6.07, 6.45) is 1.69. The molecular formula is C16H11F2NO3S. The molecule has 0 unspecified atom stereocenters. The molecule has 1 aliphatic rings. The van der Waals surface area contributed by atoms with Crippen LogP contribution < -0.4 is 5.43 Å². The maximum absolute atomic E-state index is 13.7. The summed E-state index contributed by atoms with van der Waals surface area (Å²) in [4.78, 5) is 24.8. The van der Waals surface area contributed by atoms with E-state index in [2.05, 4.69) is 0 Å². The van der Waals surface area contributed by atoms with E-state index in [-0.39, 0.29) is 33.2 Å². The number of aromatic hydroxyl groups is 1. The maximum atomic E-state index is 13.7. The molecule has 2 aromatic heterocycles. The van der Waals surface area contributed by atoms with Crippen molar-refractivity contribution in [1.29, 1.82) is 0 Å². The zero-order valence-electron chi connectivity index (χ0n) is 12.0. The first-order valence-corrected chi connectivity index (χ1v) is 7.91. The minimum absolute atomic E-state index is 0.00519. The van der Waals surface area contributed by atoms with Gasteiger partial charge in [-0.3, -0.25) is 9.59 Å². The molecule has 1 aliphatic carbocycles. The lowest BCUT2D eigenvalue weighted by atomic mass is 10.1. The fraction of sp³-hybridized carbons (Fsp3) is 0.250. The second-order valence-corrected chi connectivity index (χ2v) is 6.73. The Morgan fingerprint density at radius 3 is 2.57 bits per heavy atom. The molecule has 0 radical (unpaired) electrons. The zero-order chi connectivity index (χ0) is 16.5. The average molecular weight is 335 g/mol. The molecule has 4 nitrogen and oxygen atoms in total. The number of halogens is 2. The quantitative estimate of drug-likeness (QED) is 0.726. The van der Waals surface area contributed by atoms with Crippen LogP contribution in [0.1, 0.15) is 35.5 Å². The van der Waals surface area contributed by atoms with Gasteiger partial charge in [-0.15, -0.1) is 11.3 Å². The van der Waals surface area contributed by atoms with Crippen LogP contribution in [0, 0.1) is 11.6 Å². The van der Waals surface area contributed by atoms with Gasteiger partial charge in [0, 0.05) is 24.4 Å². The minimum atomic E-state index is -1.11. The third-order valence-electron chi connectivity index (χ3n) is 4.08. The van der Waals surface area contributed by atoms with Crippen molar-refractivity contribution < 1.29 is 18.7 Å². The number of ketones is 1. The SMILES string of the molecule is CC(=O)c1sc2c(c1O)c(=O)c1cc(F)c(F)cc1n2C1CC1. The Labute approximate surface area is 132 Å². The molecule has 3 aromatic rings. The Kier molecular flexibility index (Phi) is 2.87. The van der Waals surface area contributed by atoms with E-state index >= 15 is 0 Å². The van der Waals surface area contributed by atoms with E-state index in [1.807, 2.05) is 0 Å². The summed E-state index contributed by atoms with van der Waals surface area (Å²) >= 11 is 1.01. The number of thiophene rings is 1. The highest BCUT2D eigenvalue weighted by Crippen LogP contribution is 2.44. The predicted octanol–water partition coefficient (Wildman–Crippen LogP) is 3.74. The van der Waals surface area contributed by atoms with Gasteiger partial charge in [-0.05, 0) is 18.9 Å². The molecule has 2 heterocycles. The van der Waals surface area contributed by atoms with E-state index in [0.717, 1.165) is 36.3 Å². The minimum Gasteiger partial charge on any atom is -0.505 e. The zero-order valence-corrected chi connectivity index (χ0v) is 12.8. The maximum Gasteiger partial charge on any atom is 0.201 e. The highest BCUT2D eigenvalue weighted by atomic mass is 32.1. The van der Waals surface area contributed by atoms with E-state index in [4.69, 9.17) is 0 Å². The summed E-state index contributed by atoms with van der Waals surface area (Å²) in [6.45, 7) is 1.30. The van der Waals surface area contributed by atoms with Crippen LogP contribution in [0.4, 0.5) is 8.78 Å². The third kappa shape index (κ3) is 1.92. The van der Waals surface area contributed by atoms with Crippen LogP contribution in [0.25, 0.3) is 21.1 Å². The molecule has 1 fully saturated rings. The van der Waals surface area contributed by atoms with E-state index in [1.54, 1.807) is 4.57 Å². The summed E-state index contributed by atoms with van der Waals surface area (Å²) in [6, 6.07) is 1.92. The first-order chi connectivity index (χ1) is 10.9. The summed E-state index contributed by atoms with van der Waals surface area (Å²) in [5.74, 6) is -2.87. The molecule has 1 N–H and O–H groups in total. The predicted molar refractivity (Wildman–Crippen MR) is 83.4 cm³/mol. The van der Waals surface area contributed by atoms with Gasteiger partial charge < -0.3 is 9.67 Å². The number of pyridine rings is 1. The van der Waals surface area contributed by atoms with Crippen molar-refractivity contribution in [3.8, 4) is 5.75 Å². The van der Waals surface area contributed by atoms with E-state index in [0.29, 0.717) is 10.3 Å². The number of nitrogens with zero attached hydrogens (tertiary/aromatic N) is 1. The highest BCUT2D eigenvalue weighted by molar-refractivity contribution is 7.21. The van der Waals surface area contributed by atoms with Crippen molar-refractivity contribution in [2.75, 3.05) is 0 Å². The van der Waals surface area contributed by atoms with E-state index in [9.17, 15) is 23.5 Å². The molecule has 0 atom stereocenters. The van der Waals surface area contributed by atoms with Crippen molar-refractivity contribution in [3.05, 3.63) is 38.9 Å². The summed E-state index contributed by atoms with van der Waals surface area (Å²) in [5, 5.41) is 10.3. The molecule has 23 heavy (non-hydrogen) atoms. The van der Waals surface area contributed by atoms with Gasteiger partial charge in [-0.2, -0.15) is 0 Å². The summed E-state index contributed by atoms with van der Waals surface area (Å²) in [5.41, 5.74) is -0.299. The number of aromatic nitrogens is 1. The molecule has 1 aromatic carbocycles. The largest absolute Gasteiger partial charge is 0.505 e. The first-order valence-electron chi connectivity index (χ1n) is 7.09. The van der Waals surface area contributed by atoms with Gasteiger partial charge in [-0.25, -0.2) is 8.78 Å². The Morgan fingerprint density at radius 1 is 1.30 bits per heavy atom. The lowest BCUT2D eigenvalue weighted by Gasteiger charge is -2.12. The number of rotatable bonds is 2. The van der Waals surface area contributed by atoms with Crippen LogP contribution >= 0.6 is 11.3 Å². The van der Waals surface area contributed by atoms with Crippen molar-refractivity contribution in [1.82, 2.24) is 4.57 Å². The van der Waals surface area contributed by atoms with Gasteiger partial charge >= 0.3 is 0 Å². The van der Waals surface area contributed by atoms with Gasteiger partial charge in [0.25, 0.3) is 0 Å². The third-order valence-corrected chi connectivity index (χ3v) is 5.36. The number of benzene rings is 1. The van der Waals surface area contributed by atoms with Crippen LogP contribution in [-0.2, 0) is 0 Å². The lowest BCUT2D eigenvalue weighted by molar-refractivity contribution is 0.101. The molecule has 4 rings (SSSR count). The van der Waals surface area contributed by atoms with Gasteiger partial charge in [0.2, 0.25) is 5.43 Å². The van der Waals surface area contributed by atoms with Crippen LogP contribution in [0.2, 0.25) is 0 Å². The second kappa shape index (κ2) is 4.61. The number of hydrogen-bond donors (Lipinski definition) is 1. The van der Waals surface area contributed by atoms with Crippen molar-refractivity contribution in [2.45, 2.75) is 25.8 Å². The molecule has 0 amide bonds. The molecule has 0 spiro atoms. The highest BCUT2D eigenvalue weighted by Gasteiger charge is 2.30. The molecule has 0 aliphatic heterocycles. The van der Waals surface area contributed by atoms with Gasteiger partial charge in [0.15, 0.2) is 23.2 Å². The molecule has 118 valence electrons. The van der Waals surface area contributed by atoms with Crippen LogP contribution in [0.15, 0.2) is 16.9 Å². The molecule has 0 bridgehead atoms. The Morgan fingerprint density at radius 2 is 1.96 bits per heavy atom. The topological polar surface area (TPSA) is 59.3 Å². The van der Waals surface area contributed by atoms with Gasteiger partial charge in [0.05, 0.1) is 5.52 Å². The number of fused-ring (bicyclic) bond motifs is 2. The first kappa shape index (κ1) is 14.3. The number of Topliss-reactive ketones (excluding diaryl/α,β-unsaturated/α-hetero) is 1. The second-order valence-electron chi connectivity index (χ2n) is 5.73. The molecule has 0 saturated heterocycles. The van der Waals surface area contributed by atoms with Crippen LogP contribution in [-0.4, -0.2) is 15.5 Å². The lowest BCUT2D eigenvalue weighted by Crippen LogP contribution is -2.10. The number of carbonyl (C=O) groups is 1. The molecule has 7 heteroatoms. The molecule has 1 saturated carbocycles. The Balaban J connectivity index is 2.28. The van der Waals surface area contributed by atoms with Crippen molar-refractivity contribution in [3.63, 3.8) is 0 Å². The molecular weight excluding hydrogens is 324 g/mol. The van der Waals surface area contributed by atoms with Crippen LogP contribution in [0.5, 0.6) is 5.75 Å². The fourth-order valence-electron chi connectivity index (χ4n) is 2.88. The Bertz CT molecular complexity index is 1060. The van der Waals surface area contributed by atoms with Crippen molar-refractivity contribution in [2.24, 2.45) is 0 Å². The Hall–Kier alpha value is -2.28. The van der Waals surface area contributed by atoms with Crippen LogP contribution in [0.3, 0.4) is 0 Å². The number of carbonyl (C=O) groups excluding carboxylic acids is 1. The standard InChI is InChI=1S/C16H11F2NO3S/c1-6(20)15-14(22)12-13(21)8-4-9(17)10(18)5-11(8)19(7-2-3-7)16(12)23-15/h4-5,7,22H,2-3H2,1H3. The summed E-state index contributed by atoms with van der Waals surface area (Å²) < 4.78 is 29.0.